The lowest BCUT2D eigenvalue weighted by atomic mass is 9.91. The quantitative estimate of drug-likeness (QED) is 0.136. The van der Waals surface area contributed by atoms with Crippen LogP contribution in [0.5, 0.6) is 11.5 Å². The molecule has 42 heavy (non-hydrogen) atoms. The molecular formula is C33H49NO8. The van der Waals surface area contributed by atoms with Crippen LogP contribution in [0.1, 0.15) is 49.8 Å². The predicted octanol–water partition coefficient (Wildman–Crippen LogP) is 6.23. The lowest BCUT2D eigenvalue weighted by Crippen LogP contribution is -2.32. The van der Waals surface area contributed by atoms with Crippen LogP contribution in [0.2, 0.25) is 0 Å². The van der Waals surface area contributed by atoms with Gasteiger partial charge in [0.25, 0.3) is 0 Å². The Hall–Kier alpha value is -3.11. The Labute approximate surface area is 251 Å². The van der Waals surface area contributed by atoms with Crippen molar-refractivity contribution in [2.75, 3.05) is 73.7 Å². The van der Waals surface area contributed by atoms with Crippen molar-refractivity contribution in [2.45, 2.75) is 46.5 Å². The number of benzene rings is 2. The van der Waals surface area contributed by atoms with Crippen molar-refractivity contribution >= 4 is 11.7 Å². The molecule has 2 aromatic rings. The van der Waals surface area contributed by atoms with Crippen molar-refractivity contribution in [2.24, 2.45) is 0 Å². The number of unbranched alkanes of at least 4 members (excludes halogenated alkanes) is 2. The Balaban J connectivity index is 1.94. The molecule has 1 N–H and O–H groups in total. The molecule has 0 fully saturated rings. The van der Waals surface area contributed by atoms with Crippen LogP contribution in [0.15, 0.2) is 36.9 Å². The molecule has 9 heteroatoms. The molecule has 1 amide bonds. The summed E-state index contributed by atoms with van der Waals surface area (Å²) in [5.74, 6) is 0.638. The van der Waals surface area contributed by atoms with Gasteiger partial charge in [-0.2, -0.15) is 0 Å². The first kappa shape index (κ1) is 35.1. The largest absolute Gasteiger partial charge is 0.507 e. The number of amides is 1. The summed E-state index contributed by atoms with van der Waals surface area (Å²) in [4.78, 5) is 13.9. The summed E-state index contributed by atoms with van der Waals surface area (Å²) in [5, 5.41) is 11.2. The summed E-state index contributed by atoms with van der Waals surface area (Å²) in [5.41, 5.74) is 5.25. The molecule has 0 heterocycles. The molecule has 2 rings (SSSR count). The molecule has 0 atom stereocenters. The normalized spacial score (nSPS) is 11.0. The molecule has 9 nitrogen and oxygen atoms in total. The van der Waals surface area contributed by atoms with E-state index in [1.54, 1.807) is 14.2 Å². The van der Waals surface area contributed by atoms with E-state index in [2.05, 4.69) is 13.5 Å². The van der Waals surface area contributed by atoms with Crippen molar-refractivity contribution in [3.05, 3.63) is 53.6 Å². The minimum absolute atomic E-state index is 0.0565. The molecule has 0 saturated carbocycles. The summed E-state index contributed by atoms with van der Waals surface area (Å²) < 4.78 is 32.6. The van der Waals surface area contributed by atoms with Crippen LogP contribution in [0, 0.1) is 6.92 Å². The zero-order valence-electron chi connectivity index (χ0n) is 26.0. The van der Waals surface area contributed by atoms with E-state index >= 15 is 0 Å². The number of aryl methyl sites for hydroxylation is 2. The number of phenolic OH excluding ortho intramolecular Hbond substituents is 1. The van der Waals surface area contributed by atoms with Crippen molar-refractivity contribution in [1.29, 1.82) is 0 Å². The van der Waals surface area contributed by atoms with Crippen LogP contribution >= 0.6 is 0 Å². The average molecular weight is 588 g/mol. The maximum atomic E-state index is 12.6. The molecular weight excluding hydrogens is 538 g/mol. The second kappa shape index (κ2) is 19.9. The molecule has 0 unspecified atom stereocenters. The van der Waals surface area contributed by atoms with E-state index in [9.17, 15) is 9.90 Å². The molecule has 0 aliphatic heterocycles. The highest BCUT2D eigenvalue weighted by Gasteiger charge is 2.19. The van der Waals surface area contributed by atoms with Crippen LogP contribution in [-0.2, 0) is 30.1 Å². The Morgan fingerprint density at radius 1 is 0.929 bits per heavy atom. The van der Waals surface area contributed by atoms with Gasteiger partial charge < -0.3 is 33.5 Å². The van der Waals surface area contributed by atoms with Crippen molar-refractivity contribution < 1.29 is 38.3 Å². The van der Waals surface area contributed by atoms with E-state index in [0.717, 1.165) is 53.5 Å². The summed E-state index contributed by atoms with van der Waals surface area (Å²) in [7, 11) is 3.23. The van der Waals surface area contributed by atoms with Gasteiger partial charge in [0.2, 0.25) is 0 Å². The first-order valence-corrected chi connectivity index (χ1v) is 14.6. The highest BCUT2D eigenvalue weighted by atomic mass is 16.6. The maximum absolute atomic E-state index is 12.6. The highest BCUT2D eigenvalue weighted by Crippen LogP contribution is 2.43. The zero-order valence-corrected chi connectivity index (χ0v) is 26.0. The summed E-state index contributed by atoms with van der Waals surface area (Å²) in [6, 6.07) is 9.80. The minimum atomic E-state index is -0.536. The molecule has 234 valence electrons. The zero-order chi connectivity index (χ0) is 30.7. The molecule has 0 bridgehead atoms. The first-order chi connectivity index (χ1) is 20.3. The number of hydrogen-bond donors (Lipinski definition) is 1. The van der Waals surface area contributed by atoms with Crippen LogP contribution in [0.25, 0.3) is 16.7 Å². The van der Waals surface area contributed by atoms with Gasteiger partial charge in [-0.05, 0) is 55.5 Å². The van der Waals surface area contributed by atoms with Crippen LogP contribution in [0.4, 0.5) is 4.79 Å². The molecule has 0 saturated heterocycles. The number of rotatable bonds is 21. The van der Waals surface area contributed by atoms with Gasteiger partial charge in [0.05, 0.1) is 51.8 Å². The number of ether oxygens (including phenoxy) is 6. The fraction of sp³-hybridized carbons (Fsp3) is 0.545. The summed E-state index contributed by atoms with van der Waals surface area (Å²) >= 11 is 0. The van der Waals surface area contributed by atoms with Crippen LogP contribution in [-0.4, -0.2) is 89.8 Å². The number of nitrogens with zero attached hydrogens (tertiary/aromatic N) is 1. The number of aromatic hydroxyl groups is 1. The predicted molar refractivity (Wildman–Crippen MR) is 165 cm³/mol. The third-order valence-corrected chi connectivity index (χ3v) is 6.47. The van der Waals surface area contributed by atoms with Gasteiger partial charge in [-0.15, -0.1) is 0 Å². The molecule has 0 radical (unpaired) electrons. The van der Waals surface area contributed by atoms with Gasteiger partial charge >= 0.3 is 6.09 Å². The Bertz CT molecular complexity index is 1100. The fourth-order valence-corrected chi connectivity index (χ4v) is 4.20. The smallest absolute Gasteiger partial charge is 0.412 e. The van der Waals surface area contributed by atoms with Crippen molar-refractivity contribution in [1.82, 2.24) is 4.90 Å². The number of methoxy groups -OCH3 is 1. The highest BCUT2D eigenvalue weighted by molar-refractivity contribution is 5.86. The standard InChI is InChI=1S/C33H49NO8/c1-7-8-9-10-27-22-30(35)32(29-21-26(4)11-12-28(29)25(2)3)31(23-27)42-24-34(5)33(36)41-20-19-40-18-17-39-16-15-38-14-13-37-6/h11-12,21-23,35H,2,7-10,13-20,24H2,1,3-6H3. The molecule has 0 aliphatic carbocycles. The number of phenols is 1. The maximum Gasteiger partial charge on any atom is 0.412 e. The molecule has 0 aliphatic rings. The van der Waals surface area contributed by atoms with Gasteiger partial charge in [-0.3, -0.25) is 4.90 Å². The fourth-order valence-electron chi connectivity index (χ4n) is 4.20. The van der Waals surface area contributed by atoms with Crippen molar-refractivity contribution in [3.63, 3.8) is 0 Å². The monoisotopic (exact) mass is 587 g/mol. The first-order valence-electron chi connectivity index (χ1n) is 14.6. The van der Waals surface area contributed by atoms with Gasteiger partial charge in [-0.1, -0.05) is 55.7 Å². The Morgan fingerprint density at radius 3 is 2.19 bits per heavy atom. The van der Waals surface area contributed by atoms with E-state index in [0.29, 0.717) is 51.0 Å². The number of carbonyl (C=O) groups is 1. The third-order valence-electron chi connectivity index (χ3n) is 6.47. The lowest BCUT2D eigenvalue weighted by molar-refractivity contribution is -0.00468. The third kappa shape index (κ3) is 12.4. The lowest BCUT2D eigenvalue weighted by Gasteiger charge is -2.21. The van der Waals surface area contributed by atoms with Gasteiger partial charge in [0, 0.05) is 14.2 Å². The second-order valence-corrected chi connectivity index (χ2v) is 10.2. The molecule has 0 spiro atoms. The average Bonchev–Trinajstić information content (AvgIpc) is 2.96. The van der Waals surface area contributed by atoms with Crippen molar-refractivity contribution in [3.8, 4) is 22.6 Å². The van der Waals surface area contributed by atoms with E-state index in [-0.39, 0.29) is 25.7 Å². The number of allylic oxidation sites excluding steroid dienone is 1. The van der Waals surface area contributed by atoms with E-state index < -0.39 is 6.09 Å². The topological polar surface area (TPSA) is 95.9 Å². The minimum Gasteiger partial charge on any atom is -0.507 e. The van der Waals surface area contributed by atoms with Crippen LogP contribution in [0.3, 0.4) is 0 Å². The van der Waals surface area contributed by atoms with Gasteiger partial charge in [0.1, 0.15) is 18.1 Å². The van der Waals surface area contributed by atoms with E-state index in [4.69, 9.17) is 28.4 Å². The van der Waals surface area contributed by atoms with E-state index in [1.165, 1.54) is 4.90 Å². The SMILES string of the molecule is C=C(C)c1ccc(C)cc1-c1c(O)cc(CCCCC)cc1OCN(C)C(=O)OCCOCCOCCOCCOC. The Morgan fingerprint density at radius 2 is 1.57 bits per heavy atom. The second-order valence-electron chi connectivity index (χ2n) is 10.2. The number of hydrogen-bond acceptors (Lipinski definition) is 8. The Kier molecular flexibility index (Phi) is 16.6. The summed E-state index contributed by atoms with van der Waals surface area (Å²) in [6.07, 6.45) is 3.51. The van der Waals surface area contributed by atoms with Gasteiger partial charge in [-0.25, -0.2) is 4.79 Å². The number of carbonyl (C=O) groups excluding carboxylic acids is 1. The summed E-state index contributed by atoms with van der Waals surface area (Å²) in [6.45, 7) is 13.4. The van der Waals surface area contributed by atoms with Crippen LogP contribution < -0.4 is 4.74 Å². The molecule has 2 aromatic carbocycles. The van der Waals surface area contributed by atoms with E-state index in [1.807, 2.05) is 44.2 Å². The molecule has 0 aromatic heterocycles. The van der Waals surface area contributed by atoms with Gasteiger partial charge in [0.15, 0.2) is 6.73 Å².